The molecule has 1 fully saturated rings. The zero-order chi connectivity index (χ0) is 20.4. The summed E-state index contributed by atoms with van der Waals surface area (Å²) in [6, 6.07) is 7.01. The number of rotatable bonds is 4. The first-order valence-corrected chi connectivity index (χ1v) is 10.6. The summed E-state index contributed by atoms with van der Waals surface area (Å²) in [5.41, 5.74) is 9.50. The van der Waals surface area contributed by atoms with Crippen LogP contribution in [0.25, 0.3) is 10.6 Å². The number of carbonyl (C=O) groups excluding carboxylic acids is 1. The van der Waals surface area contributed by atoms with Gasteiger partial charge in [-0.2, -0.15) is 0 Å². The molecule has 1 saturated carbocycles. The van der Waals surface area contributed by atoms with Crippen molar-refractivity contribution in [1.82, 2.24) is 9.97 Å². The van der Waals surface area contributed by atoms with Crippen molar-refractivity contribution in [3.63, 3.8) is 0 Å². The molecular formula is C22H23FN4OS. The Kier molecular flexibility index (Phi) is 5.69. The van der Waals surface area contributed by atoms with E-state index >= 15 is 0 Å². The SMILES string of the molecule is Cc1ccc(F)c(-c2nc(C(=O)Nc3cnccc3[C@@H]3CCC[C@H](N)C3)cs2)c1. The molecule has 29 heavy (non-hydrogen) atoms. The zero-order valence-corrected chi connectivity index (χ0v) is 17.0. The molecule has 7 heteroatoms. The van der Waals surface area contributed by atoms with Crippen LogP contribution in [0.15, 0.2) is 42.0 Å². The molecule has 4 rings (SSSR count). The molecule has 2 heterocycles. The van der Waals surface area contributed by atoms with Crippen molar-refractivity contribution in [2.24, 2.45) is 5.73 Å². The average Bonchev–Trinajstić information content (AvgIpc) is 3.20. The van der Waals surface area contributed by atoms with E-state index in [2.05, 4.69) is 15.3 Å². The molecule has 1 amide bonds. The highest BCUT2D eigenvalue weighted by Gasteiger charge is 2.24. The third kappa shape index (κ3) is 4.36. The number of halogens is 1. The highest BCUT2D eigenvalue weighted by atomic mass is 32.1. The first-order chi connectivity index (χ1) is 14.0. The van der Waals surface area contributed by atoms with Crippen LogP contribution in [0.3, 0.4) is 0 Å². The van der Waals surface area contributed by atoms with Crippen LogP contribution in [-0.4, -0.2) is 21.9 Å². The van der Waals surface area contributed by atoms with Crippen LogP contribution in [0.4, 0.5) is 10.1 Å². The van der Waals surface area contributed by atoms with Gasteiger partial charge in [-0.1, -0.05) is 18.1 Å². The second-order valence-corrected chi connectivity index (χ2v) is 8.42. The van der Waals surface area contributed by atoms with Crippen LogP contribution < -0.4 is 11.1 Å². The minimum absolute atomic E-state index is 0.191. The van der Waals surface area contributed by atoms with Crippen molar-refractivity contribution in [2.75, 3.05) is 5.32 Å². The maximum Gasteiger partial charge on any atom is 0.275 e. The monoisotopic (exact) mass is 410 g/mol. The van der Waals surface area contributed by atoms with E-state index in [0.717, 1.165) is 36.8 Å². The predicted molar refractivity (Wildman–Crippen MR) is 114 cm³/mol. The number of carbonyl (C=O) groups is 1. The van der Waals surface area contributed by atoms with Crippen LogP contribution in [0.5, 0.6) is 0 Å². The molecule has 0 radical (unpaired) electrons. The Morgan fingerprint density at radius 3 is 3.00 bits per heavy atom. The summed E-state index contributed by atoms with van der Waals surface area (Å²) in [6.45, 7) is 1.89. The Labute approximate surface area is 173 Å². The predicted octanol–water partition coefficient (Wildman–Crippen LogP) is 4.89. The normalized spacial score (nSPS) is 19.1. The van der Waals surface area contributed by atoms with Gasteiger partial charge in [0, 0.05) is 23.2 Å². The van der Waals surface area contributed by atoms with Gasteiger partial charge in [-0.25, -0.2) is 9.37 Å². The number of aromatic nitrogens is 2. The topological polar surface area (TPSA) is 80.9 Å². The summed E-state index contributed by atoms with van der Waals surface area (Å²) in [4.78, 5) is 21.3. The van der Waals surface area contributed by atoms with Gasteiger partial charge in [-0.3, -0.25) is 9.78 Å². The second-order valence-electron chi connectivity index (χ2n) is 7.56. The van der Waals surface area contributed by atoms with E-state index in [-0.39, 0.29) is 23.5 Å². The van der Waals surface area contributed by atoms with Crippen molar-refractivity contribution >= 4 is 22.9 Å². The maximum atomic E-state index is 14.2. The number of benzene rings is 1. The molecule has 0 bridgehead atoms. The molecule has 1 aliphatic carbocycles. The quantitative estimate of drug-likeness (QED) is 0.642. The molecule has 0 saturated heterocycles. The molecule has 2 atom stereocenters. The molecule has 0 aliphatic heterocycles. The fraction of sp³-hybridized carbons (Fsp3) is 0.318. The molecule has 5 nitrogen and oxygen atoms in total. The number of hydrogen-bond acceptors (Lipinski definition) is 5. The standard InChI is InChI=1S/C22H23FN4OS/c1-13-5-6-18(23)17(9-13)22-27-20(12-29-22)21(28)26-19-11-25-8-7-16(19)14-3-2-4-15(24)10-14/h5-9,11-12,14-15H,2-4,10,24H2,1H3,(H,26,28)/t14-,15+/m1/s1. The lowest BCUT2D eigenvalue weighted by atomic mass is 9.81. The van der Waals surface area contributed by atoms with Gasteiger partial charge in [-0.05, 0) is 55.9 Å². The number of nitrogens with zero attached hydrogens (tertiary/aromatic N) is 2. The lowest BCUT2D eigenvalue weighted by molar-refractivity contribution is 0.102. The Hall–Kier alpha value is -2.64. The van der Waals surface area contributed by atoms with Gasteiger partial charge in [0.2, 0.25) is 0 Å². The summed E-state index contributed by atoms with van der Waals surface area (Å²) < 4.78 is 14.2. The Bertz CT molecular complexity index is 1040. The molecule has 0 spiro atoms. The molecule has 2 aromatic heterocycles. The number of hydrogen-bond donors (Lipinski definition) is 2. The van der Waals surface area contributed by atoms with E-state index in [1.54, 1.807) is 29.9 Å². The third-order valence-corrected chi connectivity index (χ3v) is 6.22. The highest BCUT2D eigenvalue weighted by molar-refractivity contribution is 7.13. The molecule has 3 aromatic rings. The minimum atomic E-state index is -0.347. The smallest absolute Gasteiger partial charge is 0.275 e. The van der Waals surface area contributed by atoms with Crippen molar-refractivity contribution in [3.05, 3.63) is 64.7 Å². The molecule has 1 aliphatic rings. The Balaban J connectivity index is 1.55. The average molecular weight is 411 g/mol. The fourth-order valence-corrected chi connectivity index (χ4v) is 4.68. The van der Waals surface area contributed by atoms with Crippen LogP contribution in [-0.2, 0) is 0 Å². The van der Waals surface area contributed by atoms with Crippen LogP contribution >= 0.6 is 11.3 Å². The van der Waals surface area contributed by atoms with Crippen molar-refractivity contribution in [2.45, 2.75) is 44.6 Å². The summed E-state index contributed by atoms with van der Waals surface area (Å²) in [5.74, 6) is -0.362. The van der Waals surface area contributed by atoms with Crippen LogP contribution in [0, 0.1) is 12.7 Å². The largest absolute Gasteiger partial charge is 0.328 e. The van der Waals surface area contributed by atoms with E-state index in [1.807, 2.05) is 13.0 Å². The zero-order valence-electron chi connectivity index (χ0n) is 16.2. The Morgan fingerprint density at radius 2 is 2.17 bits per heavy atom. The summed E-state index contributed by atoms with van der Waals surface area (Å²) in [5, 5.41) is 5.08. The molecule has 3 N–H and O–H groups in total. The number of nitrogens with one attached hydrogen (secondary N) is 1. The summed E-state index contributed by atoms with van der Waals surface area (Å²) >= 11 is 1.25. The highest BCUT2D eigenvalue weighted by Crippen LogP contribution is 2.36. The summed E-state index contributed by atoms with van der Waals surface area (Å²) in [7, 11) is 0. The third-order valence-electron chi connectivity index (χ3n) is 5.35. The first-order valence-electron chi connectivity index (χ1n) is 9.74. The number of pyridine rings is 1. The first kappa shape index (κ1) is 19.7. The van der Waals surface area contributed by atoms with Crippen molar-refractivity contribution in [1.29, 1.82) is 0 Å². The fourth-order valence-electron chi connectivity index (χ4n) is 3.87. The van der Waals surface area contributed by atoms with E-state index in [1.165, 1.54) is 17.4 Å². The van der Waals surface area contributed by atoms with Crippen molar-refractivity contribution < 1.29 is 9.18 Å². The van der Waals surface area contributed by atoms with Gasteiger partial charge < -0.3 is 11.1 Å². The Morgan fingerprint density at radius 1 is 1.31 bits per heavy atom. The van der Waals surface area contributed by atoms with Gasteiger partial charge >= 0.3 is 0 Å². The number of thiazole rings is 1. The molecule has 1 aromatic carbocycles. The second kappa shape index (κ2) is 8.39. The van der Waals surface area contributed by atoms with Crippen LogP contribution in [0.2, 0.25) is 0 Å². The van der Waals surface area contributed by atoms with Gasteiger partial charge in [0.1, 0.15) is 16.5 Å². The molecular weight excluding hydrogens is 387 g/mol. The van der Waals surface area contributed by atoms with Crippen LogP contribution in [0.1, 0.15) is 53.2 Å². The van der Waals surface area contributed by atoms with E-state index in [0.29, 0.717) is 22.2 Å². The number of amides is 1. The van der Waals surface area contributed by atoms with E-state index in [9.17, 15) is 9.18 Å². The number of anilines is 1. The lowest BCUT2D eigenvalue weighted by Gasteiger charge is -2.28. The molecule has 150 valence electrons. The molecule has 0 unspecified atom stereocenters. The maximum absolute atomic E-state index is 14.2. The van der Waals surface area contributed by atoms with E-state index < -0.39 is 0 Å². The number of nitrogens with two attached hydrogens (primary N) is 1. The van der Waals surface area contributed by atoms with Gasteiger partial charge in [0.15, 0.2) is 0 Å². The summed E-state index contributed by atoms with van der Waals surface area (Å²) in [6.07, 6.45) is 7.49. The number of aryl methyl sites for hydroxylation is 1. The van der Waals surface area contributed by atoms with E-state index in [4.69, 9.17) is 5.73 Å². The van der Waals surface area contributed by atoms with Gasteiger partial charge in [0.05, 0.1) is 11.9 Å². The van der Waals surface area contributed by atoms with Gasteiger partial charge in [-0.15, -0.1) is 11.3 Å². The van der Waals surface area contributed by atoms with Crippen molar-refractivity contribution in [3.8, 4) is 10.6 Å². The minimum Gasteiger partial charge on any atom is -0.328 e. The van der Waals surface area contributed by atoms with Gasteiger partial charge in [0.25, 0.3) is 5.91 Å². The lowest BCUT2D eigenvalue weighted by Crippen LogP contribution is -2.27.